The van der Waals surface area contributed by atoms with Gasteiger partial charge in [0.25, 0.3) is 0 Å². The van der Waals surface area contributed by atoms with Gasteiger partial charge in [-0.3, -0.25) is 4.79 Å². The summed E-state index contributed by atoms with van der Waals surface area (Å²) in [5, 5.41) is 0. The lowest BCUT2D eigenvalue weighted by molar-refractivity contribution is -0.149. The smallest absolute Gasteiger partial charge is 0.315 e. The van der Waals surface area contributed by atoms with Crippen LogP contribution in [0.25, 0.3) is 0 Å². The molecule has 0 aliphatic heterocycles. The fourth-order valence-electron chi connectivity index (χ4n) is 1.18. The van der Waals surface area contributed by atoms with Crippen LogP contribution in [0.15, 0.2) is 24.3 Å². The molecule has 0 spiro atoms. The van der Waals surface area contributed by atoms with E-state index in [1.165, 1.54) is 12.7 Å². The molecule has 0 amide bonds. The number of carbonyl (C=O) groups is 1. The van der Waals surface area contributed by atoms with E-state index < -0.39 is 5.41 Å². The number of allylic oxidation sites excluding steroid dienone is 2. The fraction of sp³-hybridized carbons (Fsp3) is 0.583. The normalized spacial score (nSPS) is 14.0. The fourth-order valence-corrected chi connectivity index (χ4v) is 1.18. The Bertz CT molecular complexity index is 237. The Morgan fingerprint density at radius 1 is 1.50 bits per heavy atom. The van der Waals surface area contributed by atoms with Gasteiger partial charge in [-0.05, 0) is 33.6 Å². The third-order valence-electron chi connectivity index (χ3n) is 2.32. The summed E-state index contributed by atoms with van der Waals surface area (Å²) in [5.74, 6) is -0.213. The van der Waals surface area contributed by atoms with Crippen LogP contribution in [0.5, 0.6) is 0 Å². The van der Waals surface area contributed by atoms with Crippen LogP contribution in [0.4, 0.5) is 0 Å². The van der Waals surface area contributed by atoms with Gasteiger partial charge in [-0.25, -0.2) is 0 Å². The standard InChI is InChI=1S/C12H20O2/c1-6-12(4,11(13)14-5)9-7-8-10(2)3/h6,8H,1,7,9H2,2-5H3. The van der Waals surface area contributed by atoms with E-state index in [9.17, 15) is 4.79 Å². The topological polar surface area (TPSA) is 26.3 Å². The highest BCUT2D eigenvalue weighted by Crippen LogP contribution is 2.26. The Labute approximate surface area is 86.6 Å². The number of carbonyl (C=O) groups excluding carboxylic acids is 1. The first-order valence-electron chi connectivity index (χ1n) is 4.81. The van der Waals surface area contributed by atoms with E-state index in [0.29, 0.717) is 0 Å². The summed E-state index contributed by atoms with van der Waals surface area (Å²) >= 11 is 0. The highest BCUT2D eigenvalue weighted by Gasteiger charge is 2.29. The summed E-state index contributed by atoms with van der Waals surface area (Å²) in [5.41, 5.74) is 0.710. The maximum absolute atomic E-state index is 11.4. The molecule has 0 saturated carbocycles. The van der Waals surface area contributed by atoms with Crippen LogP contribution >= 0.6 is 0 Å². The molecule has 14 heavy (non-hydrogen) atoms. The number of rotatable bonds is 5. The molecule has 2 heteroatoms. The van der Waals surface area contributed by atoms with Gasteiger partial charge >= 0.3 is 5.97 Å². The molecule has 0 bridgehead atoms. The zero-order valence-electron chi connectivity index (χ0n) is 9.59. The highest BCUT2D eigenvalue weighted by molar-refractivity contribution is 5.78. The van der Waals surface area contributed by atoms with Crippen LogP contribution in [0.1, 0.15) is 33.6 Å². The summed E-state index contributed by atoms with van der Waals surface area (Å²) in [4.78, 5) is 11.4. The Hall–Kier alpha value is -1.05. The maximum atomic E-state index is 11.4. The Balaban J connectivity index is 4.34. The second-order valence-corrected chi connectivity index (χ2v) is 3.93. The van der Waals surface area contributed by atoms with Crippen molar-refractivity contribution in [3.8, 4) is 0 Å². The van der Waals surface area contributed by atoms with Gasteiger partial charge < -0.3 is 4.74 Å². The molecular formula is C12H20O2. The molecule has 1 atom stereocenters. The molecule has 2 nitrogen and oxygen atoms in total. The average molecular weight is 196 g/mol. The molecule has 0 aliphatic carbocycles. The van der Waals surface area contributed by atoms with Crippen molar-refractivity contribution >= 4 is 5.97 Å². The summed E-state index contributed by atoms with van der Waals surface area (Å²) in [6, 6.07) is 0. The molecule has 0 fully saturated rings. The molecule has 80 valence electrons. The quantitative estimate of drug-likeness (QED) is 0.499. The van der Waals surface area contributed by atoms with Crippen LogP contribution in [0.2, 0.25) is 0 Å². The third-order valence-corrected chi connectivity index (χ3v) is 2.32. The van der Waals surface area contributed by atoms with Crippen molar-refractivity contribution in [2.45, 2.75) is 33.6 Å². The first-order valence-corrected chi connectivity index (χ1v) is 4.81. The van der Waals surface area contributed by atoms with Crippen molar-refractivity contribution in [2.75, 3.05) is 7.11 Å². The SMILES string of the molecule is C=CC(C)(CCC=C(C)C)C(=O)OC. The zero-order chi connectivity index (χ0) is 11.2. The van der Waals surface area contributed by atoms with Crippen molar-refractivity contribution in [1.82, 2.24) is 0 Å². The van der Waals surface area contributed by atoms with Crippen molar-refractivity contribution in [1.29, 1.82) is 0 Å². The average Bonchev–Trinajstić information content (AvgIpc) is 2.15. The molecule has 0 aromatic rings. The van der Waals surface area contributed by atoms with Crippen molar-refractivity contribution in [3.63, 3.8) is 0 Å². The van der Waals surface area contributed by atoms with Gasteiger partial charge in [0.15, 0.2) is 0 Å². The Kier molecular flexibility index (Phi) is 5.21. The molecule has 0 heterocycles. The van der Waals surface area contributed by atoms with Crippen LogP contribution in [0.3, 0.4) is 0 Å². The number of methoxy groups -OCH3 is 1. The first kappa shape index (κ1) is 12.9. The van der Waals surface area contributed by atoms with Gasteiger partial charge in [-0.15, -0.1) is 6.58 Å². The van der Waals surface area contributed by atoms with Crippen molar-refractivity contribution in [3.05, 3.63) is 24.3 Å². The predicted molar refractivity (Wildman–Crippen MR) is 59.0 cm³/mol. The van der Waals surface area contributed by atoms with E-state index in [0.717, 1.165) is 12.8 Å². The van der Waals surface area contributed by atoms with Gasteiger partial charge in [0.1, 0.15) is 0 Å². The van der Waals surface area contributed by atoms with Gasteiger partial charge in [0, 0.05) is 0 Å². The molecule has 0 rings (SSSR count). The van der Waals surface area contributed by atoms with Crippen LogP contribution in [-0.2, 0) is 9.53 Å². The molecule has 0 radical (unpaired) electrons. The van der Waals surface area contributed by atoms with Gasteiger partial charge in [0.2, 0.25) is 0 Å². The van der Waals surface area contributed by atoms with Crippen LogP contribution in [-0.4, -0.2) is 13.1 Å². The van der Waals surface area contributed by atoms with E-state index in [4.69, 9.17) is 4.74 Å². The summed E-state index contributed by atoms with van der Waals surface area (Å²) in [7, 11) is 1.41. The molecular weight excluding hydrogens is 176 g/mol. The lowest BCUT2D eigenvalue weighted by atomic mass is 9.85. The minimum atomic E-state index is -0.555. The van der Waals surface area contributed by atoms with Crippen LogP contribution in [0, 0.1) is 5.41 Å². The van der Waals surface area contributed by atoms with Gasteiger partial charge in [-0.1, -0.05) is 17.7 Å². The second-order valence-electron chi connectivity index (χ2n) is 3.93. The Morgan fingerprint density at radius 2 is 2.07 bits per heavy atom. The molecule has 0 saturated heterocycles. The number of esters is 1. The van der Waals surface area contributed by atoms with Crippen molar-refractivity contribution in [2.24, 2.45) is 5.41 Å². The summed E-state index contributed by atoms with van der Waals surface area (Å²) < 4.78 is 4.73. The molecule has 0 aromatic carbocycles. The van der Waals surface area contributed by atoms with E-state index in [2.05, 4.69) is 12.7 Å². The molecule has 1 unspecified atom stereocenters. The minimum Gasteiger partial charge on any atom is -0.468 e. The summed E-state index contributed by atoms with van der Waals surface area (Å²) in [6.45, 7) is 9.62. The van der Waals surface area contributed by atoms with Gasteiger partial charge in [0.05, 0.1) is 12.5 Å². The zero-order valence-corrected chi connectivity index (χ0v) is 9.59. The predicted octanol–water partition coefficient (Wildman–Crippen LogP) is 3.10. The molecule has 0 N–H and O–H groups in total. The second kappa shape index (κ2) is 5.63. The number of hydrogen-bond donors (Lipinski definition) is 0. The largest absolute Gasteiger partial charge is 0.468 e. The number of ether oxygens (including phenoxy) is 1. The third kappa shape index (κ3) is 3.77. The molecule has 0 aliphatic rings. The maximum Gasteiger partial charge on any atom is 0.315 e. The highest BCUT2D eigenvalue weighted by atomic mass is 16.5. The lowest BCUT2D eigenvalue weighted by Gasteiger charge is -2.21. The lowest BCUT2D eigenvalue weighted by Crippen LogP contribution is -2.26. The van der Waals surface area contributed by atoms with E-state index in [1.807, 2.05) is 20.8 Å². The summed E-state index contributed by atoms with van der Waals surface area (Å²) in [6.07, 6.45) is 5.40. The number of hydrogen-bond acceptors (Lipinski definition) is 2. The van der Waals surface area contributed by atoms with E-state index in [1.54, 1.807) is 6.08 Å². The monoisotopic (exact) mass is 196 g/mol. The van der Waals surface area contributed by atoms with Crippen molar-refractivity contribution < 1.29 is 9.53 Å². The van der Waals surface area contributed by atoms with Crippen LogP contribution < -0.4 is 0 Å². The van der Waals surface area contributed by atoms with E-state index in [-0.39, 0.29) is 5.97 Å². The molecule has 0 aromatic heterocycles. The first-order chi connectivity index (χ1) is 6.46. The van der Waals surface area contributed by atoms with Gasteiger partial charge in [-0.2, -0.15) is 0 Å². The Morgan fingerprint density at radius 3 is 2.43 bits per heavy atom. The minimum absolute atomic E-state index is 0.213. The van der Waals surface area contributed by atoms with E-state index >= 15 is 0 Å².